The van der Waals surface area contributed by atoms with Crippen molar-refractivity contribution in [3.63, 3.8) is 0 Å². The van der Waals surface area contributed by atoms with E-state index in [2.05, 4.69) is 30.3 Å². The Morgan fingerprint density at radius 2 is 1.43 bits per heavy atom. The van der Waals surface area contributed by atoms with Gasteiger partial charge in [-0.3, -0.25) is 4.79 Å². The van der Waals surface area contributed by atoms with Crippen molar-refractivity contribution in [3.8, 4) is 11.5 Å². The Morgan fingerprint density at radius 3 is 2.14 bits per heavy atom. The van der Waals surface area contributed by atoms with Gasteiger partial charge in [-0.15, -0.1) is 0 Å². The Hall–Kier alpha value is -3.85. The zero-order valence-electron chi connectivity index (χ0n) is 19.7. The molecule has 0 aromatic heterocycles. The van der Waals surface area contributed by atoms with E-state index in [0.717, 1.165) is 40.5 Å². The number of phenolic OH excluding ortho intramolecular Hbond substituents is 1. The Labute approximate surface area is 205 Å². The average Bonchev–Trinajstić information content (AvgIpc) is 2.91. The summed E-state index contributed by atoms with van der Waals surface area (Å²) in [7, 11) is 0. The van der Waals surface area contributed by atoms with Crippen LogP contribution in [0.4, 0.5) is 0 Å². The highest BCUT2D eigenvalue weighted by Gasteiger charge is 2.35. The highest BCUT2D eigenvalue weighted by atomic mass is 16.5. The van der Waals surface area contributed by atoms with Gasteiger partial charge < -0.3 is 9.84 Å². The van der Waals surface area contributed by atoms with Crippen molar-refractivity contribution in [3.05, 3.63) is 113 Å². The van der Waals surface area contributed by atoms with Crippen molar-refractivity contribution in [2.75, 3.05) is 6.61 Å². The van der Waals surface area contributed by atoms with Crippen molar-refractivity contribution < 1.29 is 14.6 Å². The molecule has 3 heteroatoms. The molecule has 0 unspecified atom stereocenters. The molecule has 0 atom stereocenters. The zero-order valence-corrected chi connectivity index (χ0v) is 19.7. The fraction of sp³-hybridized carbons (Fsp3) is 0.219. The lowest BCUT2D eigenvalue weighted by Gasteiger charge is -2.38. The molecule has 174 valence electrons. The molecule has 0 spiro atoms. The third-order valence-electron chi connectivity index (χ3n) is 7.73. The van der Waals surface area contributed by atoms with Gasteiger partial charge in [-0.25, -0.2) is 0 Å². The van der Waals surface area contributed by atoms with E-state index < -0.39 is 0 Å². The highest BCUT2D eigenvalue weighted by molar-refractivity contribution is 6.22. The number of benzene rings is 4. The zero-order chi connectivity index (χ0) is 23.8. The quantitative estimate of drug-likeness (QED) is 0.336. The molecular weight excluding hydrogens is 432 g/mol. The molecule has 1 saturated carbocycles. The summed E-state index contributed by atoms with van der Waals surface area (Å²) < 4.78 is 6.10. The maximum absolute atomic E-state index is 13.1. The van der Waals surface area contributed by atoms with Gasteiger partial charge in [0.2, 0.25) is 0 Å². The van der Waals surface area contributed by atoms with Gasteiger partial charge in [-0.05, 0) is 65.3 Å². The number of ketones is 1. The topological polar surface area (TPSA) is 46.5 Å². The number of ether oxygens (including phenoxy) is 1. The normalized spacial score (nSPS) is 16.7. The molecule has 0 saturated heterocycles. The van der Waals surface area contributed by atoms with Crippen LogP contribution in [0.5, 0.6) is 11.5 Å². The van der Waals surface area contributed by atoms with Gasteiger partial charge >= 0.3 is 0 Å². The minimum absolute atomic E-state index is 0.0330. The van der Waals surface area contributed by atoms with Gasteiger partial charge in [-0.1, -0.05) is 79.9 Å². The molecule has 4 aromatic rings. The van der Waals surface area contributed by atoms with Crippen molar-refractivity contribution in [2.45, 2.75) is 37.5 Å². The monoisotopic (exact) mass is 460 g/mol. The van der Waals surface area contributed by atoms with Gasteiger partial charge in [0, 0.05) is 21.9 Å². The second kappa shape index (κ2) is 8.74. The summed E-state index contributed by atoms with van der Waals surface area (Å²) in [4.78, 5) is 13.1. The summed E-state index contributed by atoms with van der Waals surface area (Å²) in [6.07, 6.45) is 7.83. The molecular formula is C32H28O3. The first-order valence-electron chi connectivity index (χ1n) is 12.4. The lowest BCUT2D eigenvalue weighted by molar-refractivity contribution is 0.102. The molecule has 1 fully saturated rings. The molecule has 0 amide bonds. The minimum Gasteiger partial charge on any atom is -0.508 e. The molecule has 0 radical (unpaired) electrons. The van der Waals surface area contributed by atoms with Gasteiger partial charge in [0.15, 0.2) is 5.78 Å². The second-order valence-electron chi connectivity index (χ2n) is 9.75. The minimum atomic E-state index is -0.0330. The number of carbonyl (C=O) groups excluding carboxylic acids is 1. The van der Waals surface area contributed by atoms with E-state index in [1.165, 1.54) is 30.4 Å². The molecule has 35 heavy (non-hydrogen) atoms. The van der Waals surface area contributed by atoms with Crippen molar-refractivity contribution in [1.82, 2.24) is 0 Å². The van der Waals surface area contributed by atoms with Crippen LogP contribution in [-0.2, 0) is 5.41 Å². The number of Topliss-reactive ketones (excluding diaryl/α,β-unsaturated/α-hetero) is 1. The lowest BCUT2D eigenvalue weighted by atomic mass is 9.65. The van der Waals surface area contributed by atoms with E-state index in [9.17, 15) is 9.90 Å². The third-order valence-corrected chi connectivity index (χ3v) is 7.73. The SMILES string of the molecule is O=C1C(COc2ccc(C3(c4ccc(O)cc4)CCCCC3)cc2)=Cc2cccc3cccc1c23. The molecule has 2 aliphatic rings. The van der Waals surface area contributed by atoms with Crippen LogP contribution in [0.15, 0.2) is 90.5 Å². The molecule has 0 bridgehead atoms. The van der Waals surface area contributed by atoms with E-state index in [1.54, 1.807) is 12.1 Å². The molecule has 1 N–H and O–H groups in total. The maximum atomic E-state index is 13.1. The highest BCUT2D eigenvalue weighted by Crippen LogP contribution is 2.45. The smallest absolute Gasteiger partial charge is 0.193 e. The maximum Gasteiger partial charge on any atom is 0.193 e. The van der Waals surface area contributed by atoms with Crippen LogP contribution in [0.25, 0.3) is 16.8 Å². The molecule has 4 aromatic carbocycles. The number of rotatable bonds is 5. The summed E-state index contributed by atoms with van der Waals surface area (Å²) in [5.41, 5.74) is 5.00. The van der Waals surface area contributed by atoms with Crippen LogP contribution in [0.1, 0.15) is 59.2 Å². The van der Waals surface area contributed by atoms with Crippen LogP contribution in [-0.4, -0.2) is 17.5 Å². The van der Waals surface area contributed by atoms with E-state index in [1.807, 2.05) is 48.5 Å². The summed E-state index contributed by atoms with van der Waals surface area (Å²) in [6, 6.07) is 28.1. The Morgan fingerprint density at radius 1 is 0.771 bits per heavy atom. The largest absolute Gasteiger partial charge is 0.508 e. The van der Waals surface area contributed by atoms with Crippen molar-refractivity contribution >= 4 is 22.6 Å². The Balaban J connectivity index is 1.24. The standard InChI is InChI=1S/C32H28O3/c33-27-14-10-25(11-15-27)32(18-2-1-3-19-32)26-12-16-28(17-13-26)35-21-24-20-23-8-4-6-22-7-5-9-29(30(22)23)31(24)34/h4-17,20,33H,1-3,18-19,21H2. The van der Waals surface area contributed by atoms with Crippen LogP contribution >= 0.6 is 0 Å². The summed E-state index contributed by atoms with van der Waals surface area (Å²) in [5, 5.41) is 11.9. The lowest BCUT2D eigenvalue weighted by Crippen LogP contribution is -2.30. The van der Waals surface area contributed by atoms with Gasteiger partial charge in [0.05, 0.1) is 0 Å². The first-order valence-corrected chi connectivity index (χ1v) is 12.4. The predicted molar refractivity (Wildman–Crippen MR) is 140 cm³/mol. The van der Waals surface area contributed by atoms with E-state index in [4.69, 9.17) is 4.74 Å². The number of carbonyl (C=O) groups is 1. The number of phenols is 1. The van der Waals surface area contributed by atoms with Crippen LogP contribution in [0.2, 0.25) is 0 Å². The summed E-state index contributed by atoms with van der Waals surface area (Å²) >= 11 is 0. The average molecular weight is 461 g/mol. The molecule has 6 rings (SSSR count). The Kier molecular flexibility index (Phi) is 5.41. The summed E-state index contributed by atoms with van der Waals surface area (Å²) in [6.45, 7) is 0.242. The van der Waals surface area contributed by atoms with E-state index in [0.29, 0.717) is 11.3 Å². The molecule has 0 aliphatic heterocycles. The van der Waals surface area contributed by atoms with Crippen molar-refractivity contribution in [2.24, 2.45) is 0 Å². The number of aromatic hydroxyl groups is 1. The second-order valence-corrected chi connectivity index (χ2v) is 9.75. The van der Waals surface area contributed by atoms with Crippen molar-refractivity contribution in [1.29, 1.82) is 0 Å². The van der Waals surface area contributed by atoms with Gasteiger partial charge in [0.25, 0.3) is 0 Å². The van der Waals surface area contributed by atoms with Gasteiger partial charge in [0.1, 0.15) is 18.1 Å². The van der Waals surface area contributed by atoms with Gasteiger partial charge in [-0.2, -0.15) is 0 Å². The Bertz CT molecular complexity index is 1420. The fourth-order valence-electron chi connectivity index (χ4n) is 5.92. The fourth-order valence-corrected chi connectivity index (χ4v) is 5.92. The number of hydrogen-bond acceptors (Lipinski definition) is 3. The third kappa shape index (κ3) is 3.81. The van der Waals surface area contributed by atoms with Crippen LogP contribution < -0.4 is 4.74 Å². The molecule has 0 heterocycles. The first-order chi connectivity index (χ1) is 17.1. The van der Waals surface area contributed by atoms with E-state index >= 15 is 0 Å². The molecule has 3 nitrogen and oxygen atoms in total. The molecule has 2 aliphatic carbocycles. The van der Waals surface area contributed by atoms with Crippen LogP contribution in [0.3, 0.4) is 0 Å². The van der Waals surface area contributed by atoms with Crippen LogP contribution in [0, 0.1) is 0 Å². The summed E-state index contributed by atoms with van der Waals surface area (Å²) in [5.74, 6) is 1.10. The first kappa shape index (κ1) is 21.7. The number of hydrogen-bond donors (Lipinski definition) is 1. The van der Waals surface area contributed by atoms with E-state index in [-0.39, 0.29) is 17.8 Å². The predicted octanol–water partition coefficient (Wildman–Crippen LogP) is 7.45.